The van der Waals surface area contributed by atoms with Gasteiger partial charge >= 0.3 is 5.97 Å². The molecule has 1 atom stereocenters. The third kappa shape index (κ3) is 5.48. The zero-order chi connectivity index (χ0) is 20.7. The molecule has 1 heterocycles. The largest absolute Gasteiger partial charge is 0.490 e. The molecule has 0 radical (unpaired) electrons. The van der Waals surface area contributed by atoms with Crippen LogP contribution in [0.4, 0.5) is 0 Å². The predicted molar refractivity (Wildman–Crippen MR) is 115 cm³/mol. The van der Waals surface area contributed by atoms with Gasteiger partial charge in [-0.2, -0.15) is 0 Å². The molecule has 1 saturated heterocycles. The van der Waals surface area contributed by atoms with E-state index in [4.69, 9.17) is 21.7 Å². The van der Waals surface area contributed by atoms with E-state index in [-0.39, 0.29) is 4.32 Å². The van der Waals surface area contributed by atoms with E-state index in [1.165, 1.54) is 6.92 Å². The van der Waals surface area contributed by atoms with Crippen LogP contribution in [-0.2, 0) is 9.59 Å². The van der Waals surface area contributed by atoms with Gasteiger partial charge in [0.15, 0.2) is 11.5 Å². The van der Waals surface area contributed by atoms with Gasteiger partial charge in [0, 0.05) is 0 Å². The number of aliphatic carboxylic acids is 1. The van der Waals surface area contributed by atoms with E-state index < -0.39 is 17.9 Å². The number of ether oxygens (including phenoxy) is 2. The second-order valence-electron chi connectivity index (χ2n) is 6.26. The lowest BCUT2D eigenvalue weighted by Gasteiger charge is -2.18. The summed E-state index contributed by atoms with van der Waals surface area (Å²) in [5, 5.41) is 9.17. The van der Waals surface area contributed by atoms with Crippen LogP contribution in [0.3, 0.4) is 0 Å². The number of carbonyl (C=O) groups is 2. The Hall–Kier alpha value is -2.06. The topological polar surface area (TPSA) is 76.1 Å². The molecule has 6 nitrogen and oxygen atoms in total. The molecule has 0 aromatic heterocycles. The summed E-state index contributed by atoms with van der Waals surface area (Å²) in [6, 6.07) is 4.47. The monoisotopic (exact) mass is 423 g/mol. The first kappa shape index (κ1) is 22.2. The molecular formula is C20H25NO5S2. The summed E-state index contributed by atoms with van der Waals surface area (Å²) < 4.78 is 11.7. The number of benzene rings is 1. The van der Waals surface area contributed by atoms with Crippen LogP contribution in [0.5, 0.6) is 11.5 Å². The summed E-state index contributed by atoms with van der Waals surface area (Å²) in [4.78, 5) is 25.3. The Kier molecular flexibility index (Phi) is 8.32. The Morgan fingerprint density at radius 2 is 2.04 bits per heavy atom. The smallest absolute Gasteiger partial charge is 0.326 e. The van der Waals surface area contributed by atoms with Crippen LogP contribution in [-0.4, -0.2) is 45.5 Å². The molecule has 0 unspecified atom stereocenters. The Morgan fingerprint density at radius 1 is 1.29 bits per heavy atom. The molecule has 1 aliphatic heterocycles. The van der Waals surface area contributed by atoms with Crippen molar-refractivity contribution in [1.82, 2.24) is 4.90 Å². The fourth-order valence-electron chi connectivity index (χ4n) is 2.61. The average Bonchev–Trinajstić information content (AvgIpc) is 2.93. The fourth-order valence-corrected chi connectivity index (χ4v) is 4.03. The van der Waals surface area contributed by atoms with Gasteiger partial charge in [-0.05, 0) is 44.0 Å². The summed E-state index contributed by atoms with van der Waals surface area (Å²) in [6.45, 7) is 6.59. The van der Waals surface area contributed by atoms with E-state index in [1.807, 2.05) is 25.1 Å². The number of nitrogens with zero attached hydrogens (tertiary/aromatic N) is 1. The van der Waals surface area contributed by atoms with Gasteiger partial charge in [-0.15, -0.1) is 0 Å². The van der Waals surface area contributed by atoms with Crippen LogP contribution in [0.2, 0.25) is 0 Å². The number of carboxylic acid groups (broad SMARTS) is 1. The molecule has 8 heteroatoms. The van der Waals surface area contributed by atoms with Gasteiger partial charge < -0.3 is 14.6 Å². The van der Waals surface area contributed by atoms with Gasteiger partial charge in [-0.25, -0.2) is 4.79 Å². The highest BCUT2D eigenvalue weighted by atomic mass is 32.2. The van der Waals surface area contributed by atoms with Gasteiger partial charge in [-0.3, -0.25) is 9.69 Å². The highest BCUT2D eigenvalue weighted by molar-refractivity contribution is 8.26. The molecule has 1 aliphatic rings. The van der Waals surface area contributed by atoms with E-state index in [2.05, 4.69) is 6.92 Å². The summed E-state index contributed by atoms with van der Waals surface area (Å²) in [6.07, 6.45) is 4.91. The maximum absolute atomic E-state index is 12.6. The molecule has 2 rings (SSSR count). The zero-order valence-corrected chi connectivity index (χ0v) is 17.9. The molecule has 1 aromatic rings. The number of thiocarbonyl (C=S) groups is 1. The minimum absolute atomic E-state index is 0.243. The van der Waals surface area contributed by atoms with Crippen molar-refractivity contribution in [2.75, 3.05) is 13.2 Å². The second-order valence-corrected chi connectivity index (χ2v) is 7.94. The Morgan fingerprint density at radius 3 is 2.68 bits per heavy atom. The fraction of sp³-hybridized carbons (Fsp3) is 0.450. The van der Waals surface area contributed by atoms with Crippen molar-refractivity contribution >= 4 is 46.3 Å². The molecular weight excluding hydrogens is 398 g/mol. The normalized spacial score (nSPS) is 16.5. The number of carbonyl (C=O) groups excluding carboxylic acids is 1. The molecule has 1 amide bonds. The minimum Gasteiger partial charge on any atom is -0.490 e. The SMILES string of the molecule is CCCCCOc1ccc(/C=C2/SC(=S)N([C@H](C)C(=O)O)C2=O)cc1OCC. The van der Waals surface area contributed by atoms with Crippen molar-refractivity contribution < 1.29 is 24.2 Å². The molecule has 1 fully saturated rings. The standard InChI is InChI=1S/C20H25NO5S2/c1-4-6-7-10-26-15-9-8-14(11-16(15)25-5-2)12-17-18(22)21(20(27)28-17)13(3)19(23)24/h8-9,11-13H,4-7,10H2,1-3H3,(H,23,24)/b17-12+/t13-/m1/s1. The van der Waals surface area contributed by atoms with Crippen LogP contribution < -0.4 is 9.47 Å². The molecule has 1 N–H and O–H groups in total. The number of unbranched alkanes of at least 4 members (excludes halogenated alkanes) is 2. The molecule has 0 spiro atoms. The van der Waals surface area contributed by atoms with E-state index in [1.54, 1.807) is 6.08 Å². The van der Waals surface area contributed by atoms with Crippen molar-refractivity contribution in [2.24, 2.45) is 0 Å². The van der Waals surface area contributed by atoms with Crippen molar-refractivity contribution in [3.8, 4) is 11.5 Å². The van der Waals surface area contributed by atoms with Gasteiger partial charge in [0.05, 0.1) is 18.1 Å². The Labute approximate surface area is 174 Å². The Balaban J connectivity index is 2.21. The van der Waals surface area contributed by atoms with Crippen LogP contribution in [0.25, 0.3) is 6.08 Å². The first-order valence-electron chi connectivity index (χ1n) is 9.28. The van der Waals surface area contributed by atoms with E-state index in [0.29, 0.717) is 29.6 Å². The number of rotatable bonds is 10. The van der Waals surface area contributed by atoms with Gasteiger partial charge in [0.2, 0.25) is 0 Å². The Bertz CT molecular complexity index is 778. The second kappa shape index (κ2) is 10.5. The van der Waals surface area contributed by atoms with Gasteiger partial charge in [-0.1, -0.05) is 49.8 Å². The maximum Gasteiger partial charge on any atom is 0.326 e. The molecule has 0 saturated carbocycles. The number of thioether (sulfide) groups is 1. The van der Waals surface area contributed by atoms with E-state index in [9.17, 15) is 14.7 Å². The van der Waals surface area contributed by atoms with Crippen molar-refractivity contribution in [2.45, 2.75) is 46.1 Å². The van der Waals surface area contributed by atoms with Gasteiger partial charge in [0.1, 0.15) is 10.4 Å². The lowest BCUT2D eigenvalue weighted by atomic mass is 10.1. The van der Waals surface area contributed by atoms with Gasteiger partial charge in [0.25, 0.3) is 5.91 Å². The van der Waals surface area contributed by atoms with Crippen LogP contribution in [0.15, 0.2) is 23.1 Å². The lowest BCUT2D eigenvalue weighted by Crippen LogP contribution is -2.41. The summed E-state index contributed by atoms with van der Waals surface area (Å²) in [5.41, 5.74) is 0.757. The number of amides is 1. The molecule has 0 bridgehead atoms. The minimum atomic E-state index is -1.10. The third-order valence-corrected chi connectivity index (χ3v) is 5.47. The van der Waals surface area contributed by atoms with Crippen molar-refractivity contribution in [3.05, 3.63) is 28.7 Å². The first-order chi connectivity index (χ1) is 13.4. The van der Waals surface area contributed by atoms with Crippen LogP contribution >= 0.6 is 24.0 Å². The third-order valence-electron chi connectivity index (χ3n) is 4.14. The van der Waals surface area contributed by atoms with E-state index in [0.717, 1.165) is 41.5 Å². The number of carboxylic acids is 1. The van der Waals surface area contributed by atoms with Crippen LogP contribution in [0.1, 0.15) is 45.6 Å². The molecule has 0 aliphatic carbocycles. The number of hydrogen-bond donors (Lipinski definition) is 1. The zero-order valence-electron chi connectivity index (χ0n) is 16.3. The number of hydrogen-bond acceptors (Lipinski definition) is 6. The lowest BCUT2D eigenvalue weighted by molar-refractivity contribution is -0.144. The quantitative estimate of drug-likeness (QED) is 0.341. The summed E-state index contributed by atoms with van der Waals surface area (Å²) >= 11 is 6.28. The molecule has 152 valence electrons. The maximum atomic E-state index is 12.6. The van der Waals surface area contributed by atoms with Crippen molar-refractivity contribution in [3.63, 3.8) is 0 Å². The van der Waals surface area contributed by atoms with E-state index >= 15 is 0 Å². The highest BCUT2D eigenvalue weighted by Crippen LogP contribution is 2.36. The molecule has 1 aromatic carbocycles. The summed E-state index contributed by atoms with van der Waals surface area (Å²) in [7, 11) is 0. The van der Waals surface area contributed by atoms with Crippen molar-refractivity contribution in [1.29, 1.82) is 0 Å². The van der Waals surface area contributed by atoms with Crippen LogP contribution in [0, 0.1) is 0 Å². The average molecular weight is 424 g/mol. The highest BCUT2D eigenvalue weighted by Gasteiger charge is 2.38. The predicted octanol–water partition coefficient (Wildman–Crippen LogP) is 4.33. The first-order valence-corrected chi connectivity index (χ1v) is 10.5. The summed E-state index contributed by atoms with van der Waals surface area (Å²) in [5.74, 6) is -0.215. The molecule has 28 heavy (non-hydrogen) atoms.